The summed E-state index contributed by atoms with van der Waals surface area (Å²) in [4.78, 5) is 0. The third kappa shape index (κ3) is 8.28. The van der Waals surface area contributed by atoms with Gasteiger partial charge in [0.15, 0.2) is 0 Å². The second-order valence-corrected chi connectivity index (χ2v) is 3.33. The van der Waals surface area contributed by atoms with Gasteiger partial charge >= 0.3 is 6.18 Å². The molecule has 3 nitrogen and oxygen atoms in total. The zero-order chi connectivity index (χ0) is 11.2. The Labute approximate surface area is 81.2 Å². The molecule has 0 saturated heterocycles. The van der Waals surface area contributed by atoms with Crippen LogP contribution in [0.15, 0.2) is 0 Å². The van der Waals surface area contributed by atoms with Gasteiger partial charge in [-0.15, -0.1) is 0 Å². The molecule has 0 rings (SSSR count). The largest absolute Gasteiger partial charge is 0.411 e. The van der Waals surface area contributed by atoms with Crippen LogP contribution < -0.4 is 5.32 Å². The molecular weight excluding hydrogens is 199 g/mol. The lowest BCUT2D eigenvalue weighted by Gasteiger charge is -2.19. The van der Waals surface area contributed by atoms with Crippen LogP contribution in [-0.4, -0.2) is 43.2 Å². The molecule has 0 bridgehead atoms. The Balaban J connectivity index is 3.63. The average Bonchev–Trinajstić information content (AvgIpc) is 1.99. The van der Waals surface area contributed by atoms with Gasteiger partial charge in [0.1, 0.15) is 6.61 Å². The topological polar surface area (TPSA) is 41.5 Å². The van der Waals surface area contributed by atoms with Crippen LogP contribution in [0.5, 0.6) is 0 Å². The maximum absolute atomic E-state index is 11.7. The molecular formula is C8H16F3NO2. The molecule has 0 aliphatic rings. The first-order chi connectivity index (χ1) is 6.35. The minimum Gasteiger partial charge on any atom is -0.395 e. The molecule has 0 radical (unpaired) electrons. The SMILES string of the molecule is CC(C)NC(CO)COCC(F)(F)F. The molecule has 6 heteroatoms. The van der Waals surface area contributed by atoms with Crippen LogP contribution in [0.1, 0.15) is 13.8 Å². The number of hydrogen-bond donors (Lipinski definition) is 2. The minimum absolute atomic E-state index is 0.0987. The van der Waals surface area contributed by atoms with Gasteiger partial charge in [0.25, 0.3) is 0 Å². The van der Waals surface area contributed by atoms with Gasteiger partial charge in [-0.25, -0.2) is 0 Å². The summed E-state index contributed by atoms with van der Waals surface area (Å²) in [5.74, 6) is 0. The molecule has 0 aromatic rings. The van der Waals surface area contributed by atoms with Crippen molar-refractivity contribution < 1.29 is 23.0 Å². The van der Waals surface area contributed by atoms with Gasteiger partial charge in [-0.05, 0) is 0 Å². The molecule has 0 aromatic carbocycles. The fraction of sp³-hybridized carbons (Fsp3) is 1.00. The molecule has 0 aliphatic carbocycles. The summed E-state index contributed by atoms with van der Waals surface area (Å²) in [5.41, 5.74) is 0. The molecule has 0 saturated carbocycles. The van der Waals surface area contributed by atoms with E-state index in [1.54, 1.807) is 0 Å². The van der Waals surface area contributed by atoms with Gasteiger partial charge in [0.05, 0.1) is 19.3 Å². The lowest BCUT2D eigenvalue weighted by Crippen LogP contribution is -2.41. The average molecular weight is 215 g/mol. The molecule has 2 N–H and O–H groups in total. The first-order valence-corrected chi connectivity index (χ1v) is 4.36. The van der Waals surface area contributed by atoms with E-state index in [0.717, 1.165) is 0 Å². The van der Waals surface area contributed by atoms with Crippen molar-refractivity contribution in [3.8, 4) is 0 Å². The van der Waals surface area contributed by atoms with Crippen molar-refractivity contribution in [2.75, 3.05) is 19.8 Å². The highest BCUT2D eigenvalue weighted by Crippen LogP contribution is 2.14. The molecule has 0 spiro atoms. The molecule has 0 amide bonds. The van der Waals surface area contributed by atoms with E-state index in [4.69, 9.17) is 5.11 Å². The maximum Gasteiger partial charge on any atom is 0.411 e. The molecule has 1 atom stereocenters. The summed E-state index contributed by atoms with van der Waals surface area (Å²) < 4.78 is 39.4. The third-order valence-electron chi connectivity index (χ3n) is 1.37. The predicted octanol–water partition coefficient (Wildman–Crippen LogP) is 0.924. The van der Waals surface area contributed by atoms with Gasteiger partial charge in [0.2, 0.25) is 0 Å². The van der Waals surface area contributed by atoms with Crippen LogP contribution in [0.4, 0.5) is 13.2 Å². The number of halogens is 3. The summed E-state index contributed by atoms with van der Waals surface area (Å²) in [6, 6.07) is -0.348. The van der Waals surface area contributed by atoms with Crippen molar-refractivity contribution in [2.24, 2.45) is 0 Å². The van der Waals surface area contributed by atoms with Crippen LogP contribution in [0.25, 0.3) is 0 Å². The van der Waals surface area contributed by atoms with E-state index in [2.05, 4.69) is 10.1 Å². The van der Waals surface area contributed by atoms with Gasteiger partial charge < -0.3 is 15.2 Å². The lowest BCUT2D eigenvalue weighted by atomic mass is 10.3. The number of rotatable bonds is 6. The first-order valence-electron chi connectivity index (χ1n) is 4.36. The monoisotopic (exact) mass is 215 g/mol. The van der Waals surface area contributed by atoms with E-state index in [0.29, 0.717) is 0 Å². The third-order valence-corrected chi connectivity index (χ3v) is 1.37. The summed E-state index contributed by atoms with van der Waals surface area (Å²) >= 11 is 0. The summed E-state index contributed by atoms with van der Waals surface area (Å²) in [7, 11) is 0. The zero-order valence-corrected chi connectivity index (χ0v) is 8.27. The fourth-order valence-electron chi connectivity index (χ4n) is 0.942. The van der Waals surface area contributed by atoms with Crippen molar-refractivity contribution in [3.05, 3.63) is 0 Å². The highest BCUT2D eigenvalue weighted by atomic mass is 19.4. The minimum atomic E-state index is -4.31. The van der Waals surface area contributed by atoms with Gasteiger partial charge in [-0.3, -0.25) is 0 Å². The molecule has 1 unspecified atom stereocenters. The highest BCUT2D eigenvalue weighted by molar-refractivity contribution is 4.67. The van der Waals surface area contributed by atoms with Crippen molar-refractivity contribution in [3.63, 3.8) is 0 Å². The molecule has 0 fully saturated rings. The van der Waals surface area contributed by atoms with E-state index in [9.17, 15) is 13.2 Å². The van der Waals surface area contributed by atoms with Crippen molar-refractivity contribution in [2.45, 2.75) is 32.1 Å². The van der Waals surface area contributed by atoms with Crippen molar-refractivity contribution >= 4 is 0 Å². The molecule has 0 heterocycles. The summed E-state index contributed by atoms with van der Waals surface area (Å²) in [6.07, 6.45) is -4.31. The van der Waals surface area contributed by atoms with Crippen LogP contribution in [-0.2, 0) is 4.74 Å². The second-order valence-electron chi connectivity index (χ2n) is 3.33. The van der Waals surface area contributed by atoms with Crippen LogP contribution >= 0.6 is 0 Å². The first kappa shape index (κ1) is 13.7. The zero-order valence-electron chi connectivity index (χ0n) is 8.27. The van der Waals surface area contributed by atoms with E-state index in [1.807, 2.05) is 13.8 Å². The quantitative estimate of drug-likeness (QED) is 0.692. The number of nitrogens with one attached hydrogen (secondary N) is 1. The Morgan fingerprint density at radius 3 is 2.29 bits per heavy atom. The Morgan fingerprint density at radius 1 is 1.36 bits per heavy atom. The Kier molecular flexibility index (Phi) is 6.06. The number of alkyl halides is 3. The fourth-order valence-corrected chi connectivity index (χ4v) is 0.942. The Morgan fingerprint density at radius 2 is 1.93 bits per heavy atom. The van der Waals surface area contributed by atoms with E-state index >= 15 is 0 Å². The number of aliphatic hydroxyl groups is 1. The normalized spacial score (nSPS) is 14.8. The summed E-state index contributed by atoms with van der Waals surface area (Å²) in [6.45, 7) is 2.02. The number of aliphatic hydroxyl groups excluding tert-OH is 1. The van der Waals surface area contributed by atoms with E-state index in [1.165, 1.54) is 0 Å². The van der Waals surface area contributed by atoms with Crippen LogP contribution in [0.2, 0.25) is 0 Å². The smallest absolute Gasteiger partial charge is 0.395 e. The van der Waals surface area contributed by atoms with Gasteiger partial charge in [-0.1, -0.05) is 13.8 Å². The highest BCUT2D eigenvalue weighted by Gasteiger charge is 2.27. The van der Waals surface area contributed by atoms with E-state index < -0.39 is 18.8 Å². The number of ether oxygens (including phenoxy) is 1. The van der Waals surface area contributed by atoms with Gasteiger partial charge in [0, 0.05) is 6.04 Å². The second kappa shape index (κ2) is 6.21. The van der Waals surface area contributed by atoms with Crippen LogP contribution in [0, 0.1) is 0 Å². The van der Waals surface area contributed by atoms with Crippen molar-refractivity contribution in [1.82, 2.24) is 5.32 Å². The number of hydrogen-bond acceptors (Lipinski definition) is 3. The Hall–Kier alpha value is -0.330. The molecule has 14 heavy (non-hydrogen) atoms. The molecule has 0 aliphatic heterocycles. The maximum atomic E-state index is 11.7. The van der Waals surface area contributed by atoms with E-state index in [-0.39, 0.29) is 19.3 Å². The predicted molar refractivity (Wildman–Crippen MR) is 46.0 cm³/mol. The van der Waals surface area contributed by atoms with Crippen molar-refractivity contribution in [1.29, 1.82) is 0 Å². The van der Waals surface area contributed by atoms with Crippen LogP contribution in [0.3, 0.4) is 0 Å². The Bertz CT molecular complexity index is 150. The molecule has 86 valence electrons. The molecule has 0 aromatic heterocycles. The standard InChI is InChI=1S/C8H16F3NO2/c1-6(2)12-7(3-13)4-14-5-8(9,10)11/h6-7,12-13H,3-5H2,1-2H3. The van der Waals surface area contributed by atoms with Gasteiger partial charge in [-0.2, -0.15) is 13.2 Å². The lowest BCUT2D eigenvalue weighted by molar-refractivity contribution is -0.175. The summed E-state index contributed by atoms with van der Waals surface area (Å²) in [5, 5.41) is 11.7.